The summed E-state index contributed by atoms with van der Waals surface area (Å²) in [6, 6.07) is 5.67. The van der Waals surface area contributed by atoms with Crippen molar-refractivity contribution < 1.29 is 40.0 Å². The Morgan fingerprint density at radius 3 is 2.23 bits per heavy atom. The van der Waals surface area contributed by atoms with Crippen LogP contribution in [0.2, 0.25) is 0 Å². The fourth-order valence-electron chi connectivity index (χ4n) is 3.33. The van der Waals surface area contributed by atoms with Gasteiger partial charge in [0.15, 0.2) is 5.82 Å². The molecule has 0 amide bonds. The van der Waals surface area contributed by atoms with E-state index in [1.54, 1.807) is 0 Å². The Bertz CT molecular complexity index is 1370. The minimum atomic E-state index is -5.18. The fourth-order valence-corrected chi connectivity index (χ4v) is 3.33. The zero-order valence-electron chi connectivity index (χ0n) is 18.2. The number of nitrogens with zero attached hydrogens (tertiary/aromatic N) is 2. The summed E-state index contributed by atoms with van der Waals surface area (Å²) in [7, 11) is 0. The van der Waals surface area contributed by atoms with Gasteiger partial charge in [-0.3, -0.25) is 0 Å². The summed E-state index contributed by atoms with van der Waals surface area (Å²) in [6.07, 6.45) is -10.1. The third kappa shape index (κ3) is 5.37. The van der Waals surface area contributed by atoms with E-state index >= 15 is 0 Å². The number of benzene rings is 2. The molecule has 0 bridgehead atoms. The van der Waals surface area contributed by atoms with Crippen molar-refractivity contribution in [2.24, 2.45) is 0 Å². The van der Waals surface area contributed by atoms with Crippen LogP contribution in [-0.4, -0.2) is 21.5 Å². The highest BCUT2D eigenvalue weighted by Gasteiger charge is 2.37. The zero-order valence-corrected chi connectivity index (χ0v) is 19.0. The first-order valence-corrected chi connectivity index (χ1v) is 9.76. The number of ether oxygens (including phenoxy) is 1. The Labute approximate surface area is 199 Å². The number of fused-ring (bicyclic) bond motifs is 1. The molecule has 0 saturated heterocycles. The Morgan fingerprint density at radius 1 is 0.971 bits per heavy atom. The van der Waals surface area contributed by atoms with Gasteiger partial charge >= 0.3 is 12.5 Å². The van der Waals surface area contributed by atoms with Crippen LogP contribution in [0.25, 0.3) is 33.7 Å². The number of hydrogen-bond acceptors (Lipinski definition) is 4. The van der Waals surface area contributed by atoms with E-state index in [0.717, 1.165) is 24.3 Å². The summed E-state index contributed by atoms with van der Waals surface area (Å²) in [5.41, 5.74) is -3.14. The van der Waals surface area contributed by atoms with Crippen LogP contribution >= 0.6 is 12.4 Å². The molecular formula is C22H17ClF7N3O2. The van der Waals surface area contributed by atoms with Crippen molar-refractivity contribution >= 4 is 23.4 Å². The van der Waals surface area contributed by atoms with Crippen LogP contribution in [0.1, 0.15) is 32.0 Å². The van der Waals surface area contributed by atoms with Gasteiger partial charge < -0.3 is 14.2 Å². The molecule has 0 atom stereocenters. The quantitative estimate of drug-likeness (QED) is 0.280. The number of halogens is 8. The molecule has 0 unspecified atom stereocenters. The topological polar surface area (TPSA) is 63.9 Å². The largest absolute Gasteiger partial charge is 0.573 e. The van der Waals surface area contributed by atoms with Crippen molar-refractivity contribution in [3.05, 3.63) is 53.5 Å². The second kappa shape index (κ2) is 8.74. The van der Waals surface area contributed by atoms with Crippen LogP contribution in [0, 0.1) is 5.82 Å². The van der Waals surface area contributed by atoms with Gasteiger partial charge in [0.2, 0.25) is 5.76 Å². The molecule has 0 spiro atoms. The maximum absolute atomic E-state index is 14.5. The van der Waals surface area contributed by atoms with Crippen molar-refractivity contribution in [1.82, 2.24) is 15.1 Å². The molecule has 0 radical (unpaired) electrons. The second-order valence-corrected chi connectivity index (χ2v) is 8.49. The van der Waals surface area contributed by atoms with Crippen molar-refractivity contribution in [2.75, 3.05) is 0 Å². The first-order valence-electron chi connectivity index (χ1n) is 9.76. The molecule has 5 nitrogen and oxygen atoms in total. The van der Waals surface area contributed by atoms with Gasteiger partial charge in [0.1, 0.15) is 17.1 Å². The molecule has 2 aromatic carbocycles. The fraction of sp³-hybridized carbons (Fsp3) is 0.273. The van der Waals surface area contributed by atoms with E-state index in [0.29, 0.717) is 11.8 Å². The highest BCUT2D eigenvalue weighted by Crippen LogP contribution is 2.42. The lowest BCUT2D eigenvalue weighted by atomic mass is 9.92. The highest BCUT2D eigenvalue weighted by atomic mass is 35.5. The molecule has 188 valence electrons. The first-order chi connectivity index (χ1) is 15.6. The van der Waals surface area contributed by atoms with Crippen molar-refractivity contribution in [3.8, 4) is 28.5 Å². The summed E-state index contributed by atoms with van der Waals surface area (Å²) in [4.78, 5) is 6.63. The van der Waals surface area contributed by atoms with Crippen molar-refractivity contribution in [2.45, 2.75) is 38.7 Å². The van der Waals surface area contributed by atoms with Gasteiger partial charge in [0, 0.05) is 11.5 Å². The predicted octanol–water partition coefficient (Wildman–Crippen LogP) is 7.66. The van der Waals surface area contributed by atoms with Gasteiger partial charge in [-0.1, -0.05) is 32.0 Å². The van der Waals surface area contributed by atoms with Crippen molar-refractivity contribution in [3.63, 3.8) is 0 Å². The van der Waals surface area contributed by atoms with E-state index in [1.165, 1.54) is 6.07 Å². The number of aromatic amines is 1. The van der Waals surface area contributed by atoms with E-state index in [-0.39, 0.29) is 29.5 Å². The standard InChI is InChI=1S/C22H16F7N3O2.ClH/c1-20(2,3)16-9-15(34-32-16)19-30-13-8-10(7-11(18(13)31-19)21(24,25)26)17-12(23)5-4-6-14(17)33-22(27,28)29;/h4-9H,1-3H3,(H,30,31);1H. The van der Waals surface area contributed by atoms with Crippen LogP contribution in [0.3, 0.4) is 0 Å². The first kappa shape index (κ1) is 26.3. The summed E-state index contributed by atoms with van der Waals surface area (Å²) < 4.78 is 104. The molecule has 2 aromatic heterocycles. The summed E-state index contributed by atoms with van der Waals surface area (Å²) in [5.74, 6) is -2.20. The molecule has 4 rings (SSSR count). The lowest BCUT2D eigenvalue weighted by molar-refractivity contribution is -0.274. The number of rotatable bonds is 3. The van der Waals surface area contributed by atoms with Gasteiger partial charge in [0.25, 0.3) is 0 Å². The number of nitrogens with one attached hydrogen (secondary N) is 1. The average molecular weight is 524 g/mol. The Balaban J connectivity index is 0.00000342. The molecule has 4 aromatic rings. The van der Waals surface area contributed by atoms with Gasteiger partial charge in [-0.2, -0.15) is 13.2 Å². The lowest BCUT2D eigenvalue weighted by Crippen LogP contribution is -2.18. The maximum Gasteiger partial charge on any atom is 0.573 e. The normalized spacial score (nSPS) is 12.6. The molecular weight excluding hydrogens is 507 g/mol. The Hall–Kier alpha value is -3.28. The third-order valence-electron chi connectivity index (χ3n) is 4.89. The third-order valence-corrected chi connectivity index (χ3v) is 4.89. The minimum absolute atomic E-state index is 0. The molecule has 13 heteroatoms. The van der Waals surface area contributed by atoms with E-state index in [2.05, 4.69) is 19.9 Å². The molecule has 0 fully saturated rings. The van der Waals surface area contributed by atoms with Crippen LogP contribution in [0.4, 0.5) is 30.7 Å². The summed E-state index contributed by atoms with van der Waals surface area (Å²) in [5, 5.41) is 3.90. The molecule has 0 saturated carbocycles. The van der Waals surface area contributed by atoms with Gasteiger partial charge in [-0.15, -0.1) is 25.6 Å². The zero-order chi connectivity index (χ0) is 25.1. The number of imidazole rings is 1. The van der Waals surface area contributed by atoms with E-state index in [9.17, 15) is 30.7 Å². The van der Waals surface area contributed by atoms with E-state index in [1.807, 2.05) is 20.8 Å². The van der Waals surface area contributed by atoms with Crippen LogP contribution in [0.15, 0.2) is 40.9 Å². The number of H-pyrrole nitrogens is 1. The number of alkyl halides is 6. The minimum Gasteiger partial charge on any atom is -0.405 e. The molecule has 35 heavy (non-hydrogen) atoms. The Kier molecular flexibility index (Phi) is 6.57. The smallest absolute Gasteiger partial charge is 0.405 e. The highest BCUT2D eigenvalue weighted by molar-refractivity contribution is 5.89. The number of hydrogen-bond donors (Lipinski definition) is 1. The van der Waals surface area contributed by atoms with E-state index < -0.39 is 51.7 Å². The van der Waals surface area contributed by atoms with Gasteiger partial charge in [-0.05, 0) is 29.8 Å². The number of aromatic nitrogens is 3. The molecule has 1 N–H and O–H groups in total. The molecule has 0 aliphatic heterocycles. The summed E-state index contributed by atoms with van der Waals surface area (Å²) in [6.45, 7) is 5.57. The summed E-state index contributed by atoms with van der Waals surface area (Å²) >= 11 is 0. The van der Waals surface area contributed by atoms with Gasteiger partial charge in [-0.25, -0.2) is 9.37 Å². The average Bonchev–Trinajstić information content (AvgIpc) is 3.32. The van der Waals surface area contributed by atoms with Crippen LogP contribution < -0.4 is 4.74 Å². The van der Waals surface area contributed by atoms with Crippen molar-refractivity contribution in [1.29, 1.82) is 0 Å². The molecule has 2 heterocycles. The monoisotopic (exact) mass is 523 g/mol. The maximum atomic E-state index is 14.5. The van der Waals surface area contributed by atoms with Crippen LogP contribution in [-0.2, 0) is 11.6 Å². The predicted molar refractivity (Wildman–Crippen MR) is 115 cm³/mol. The Morgan fingerprint density at radius 2 is 1.66 bits per heavy atom. The molecule has 0 aliphatic carbocycles. The molecule has 0 aliphatic rings. The van der Waals surface area contributed by atoms with Crippen LogP contribution in [0.5, 0.6) is 5.75 Å². The lowest BCUT2D eigenvalue weighted by Gasteiger charge is -2.15. The second-order valence-electron chi connectivity index (χ2n) is 8.49. The van der Waals surface area contributed by atoms with Gasteiger partial charge in [0.05, 0.1) is 22.3 Å². The van der Waals surface area contributed by atoms with E-state index in [4.69, 9.17) is 4.52 Å². The SMILES string of the molecule is CC(C)(C)c1cc(-c2nc3c(C(F)(F)F)cc(-c4c(F)cccc4OC(F)(F)F)cc3[nH]2)on1.Cl.